The van der Waals surface area contributed by atoms with Crippen LogP contribution >= 0.6 is 0 Å². The van der Waals surface area contributed by atoms with Gasteiger partial charge in [0, 0.05) is 12.1 Å². The van der Waals surface area contributed by atoms with E-state index in [4.69, 9.17) is 5.11 Å². The third-order valence-electron chi connectivity index (χ3n) is 2.49. The minimum atomic E-state index is -4.67. The Morgan fingerprint density at radius 1 is 1.17 bits per heavy atom. The second kappa shape index (κ2) is 5.58. The SMILES string of the molecule is CC(C)(NCCO)c1ccc(OC(F)(F)F)cc1. The smallest absolute Gasteiger partial charge is 0.406 e. The van der Waals surface area contributed by atoms with E-state index < -0.39 is 11.9 Å². The second-order valence-electron chi connectivity index (χ2n) is 4.35. The van der Waals surface area contributed by atoms with Crippen LogP contribution in [-0.2, 0) is 5.54 Å². The first-order chi connectivity index (χ1) is 8.24. The van der Waals surface area contributed by atoms with Crippen molar-refractivity contribution < 1.29 is 23.0 Å². The van der Waals surface area contributed by atoms with Crippen molar-refractivity contribution in [3.05, 3.63) is 29.8 Å². The van der Waals surface area contributed by atoms with Crippen molar-refractivity contribution in [2.45, 2.75) is 25.7 Å². The highest BCUT2D eigenvalue weighted by Crippen LogP contribution is 2.26. The normalized spacial score (nSPS) is 12.6. The molecule has 0 aromatic heterocycles. The van der Waals surface area contributed by atoms with E-state index in [1.165, 1.54) is 12.1 Å². The summed E-state index contributed by atoms with van der Waals surface area (Å²) in [5.74, 6) is -0.246. The molecule has 0 radical (unpaired) electrons. The highest BCUT2D eigenvalue weighted by atomic mass is 19.4. The Hall–Kier alpha value is -1.27. The molecule has 0 saturated heterocycles. The van der Waals surface area contributed by atoms with Gasteiger partial charge in [0.25, 0.3) is 0 Å². The zero-order valence-corrected chi connectivity index (χ0v) is 10.2. The standard InChI is InChI=1S/C12H16F3NO2/c1-11(2,16-7-8-17)9-3-5-10(6-4-9)18-12(13,14)15/h3-6,16-17H,7-8H2,1-2H3. The Bertz CT molecular complexity index is 374. The molecule has 1 rings (SSSR count). The summed E-state index contributed by atoms with van der Waals surface area (Å²) in [7, 11) is 0. The van der Waals surface area contributed by atoms with E-state index in [1.54, 1.807) is 12.1 Å². The van der Waals surface area contributed by atoms with Gasteiger partial charge in [0.2, 0.25) is 0 Å². The summed E-state index contributed by atoms with van der Waals surface area (Å²) in [6, 6.07) is 5.66. The van der Waals surface area contributed by atoms with Crippen LogP contribution in [0.1, 0.15) is 19.4 Å². The van der Waals surface area contributed by atoms with Crippen LogP contribution in [0.2, 0.25) is 0 Å². The quantitative estimate of drug-likeness (QED) is 0.857. The maximum absolute atomic E-state index is 12.0. The number of benzene rings is 1. The van der Waals surface area contributed by atoms with Gasteiger partial charge in [-0.05, 0) is 31.5 Å². The van der Waals surface area contributed by atoms with Gasteiger partial charge in [-0.15, -0.1) is 13.2 Å². The van der Waals surface area contributed by atoms with Crippen molar-refractivity contribution in [2.24, 2.45) is 0 Å². The first-order valence-electron chi connectivity index (χ1n) is 5.47. The molecule has 6 heteroatoms. The molecule has 1 aromatic rings. The number of halogens is 3. The van der Waals surface area contributed by atoms with Crippen LogP contribution in [0.4, 0.5) is 13.2 Å². The Morgan fingerprint density at radius 2 is 1.72 bits per heavy atom. The van der Waals surface area contributed by atoms with Crippen molar-refractivity contribution >= 4 is 0 Å². The summed E-state index contributed by atoms with van der Waals surface area (Å²) in [5.41, 5.74) is 0.380. The monoisotopic (exact) mass is 263 g/mol. The zero-order valence-electron chi connectivity index (χ0n) is 10.2. The molecule has 0 aliphatic heterocycles. The molecular weight excluding hydrogens is 247 g/mol. The lowest BCUT2D eigenvalue weighted by Crippen LogP contribution is -2.38. The van der Waals surface area contributed by atoms with Crippen molar-refractivity contribution in [1.29, 1.82) is 0 Å². The second-order valence-corrected chi connectivity index (χ2v) is 4.35. The summed E-state index contributed by atoms with van der Waals surface area (Å²) in [5, 5.41) is 11.8. The molecule has 2 N–H and O–H groups in total. The number of nitrogens with one attached hydrogen (secondary N) is 1. The average Bonchev–Trinajstić information content (AvgIpc) is 2.25. The largest absolute Gasteiger partial charge is 0.573 e. The van der Waals surface area contributed by atoms with E-state index in [1.807, 2.05) is 13.8 Å². The number of aliphatic hydroxyl groups is 1. The molecule has 1 aromatic carbocycles. The van der Waals surface area contributed by atoms with Crippen molar-refractivity contribution in [3.8, 4) is 5.75 Å². The molecule has 3 nitrogen and oxygen atoms in total. The summed E-state index contributed by atoms with van der Waals surface area (Å²) in [4.78, 5) is 0. The molecule has 0 fully saturated rings. The number of rotatable bonds is 5. The van der Waals surface area contributed by atoms with Crippen LogP contribution in [0.15, 0.2) is 24.3 Å². The van der Waals surface area contributed by atoms with Crippen LogP contribution in [0.3, 0.4) is 0 Å². The Morgan fingerprint density at radius 3 is 2.17 bits per heavy atom. The lowest BCUT2D eigenvalue weighted by atomic mass is 9.94. The van der Waals surface area contributed by atoms with Gasteiger partial charge < -0.3 is 15.2 Å². The van der Waals surface area contributed by atoms with Crippen LogP contribution in [-0.4, -0.2) is 24.6 Å². The molecule has 18 heavy (non-hydrogen) atoms. The molecule has 0 atom stereocenters. The topological polar surface area (TPSA) is 41.5 Å². The number of ether oxygens (including phenoxy) is 1. The molecule has 0 bridgehead atoms. The molecular formula is C12H16F3NO2. The van der Waals surface area contributed by atoms with E-state index in [9.17, 15) is 13.2 Å². The molecule has 0 amide bonds. The first-order valence-corrected chi connectivity index (χ1v) is 5.47. The average molecular weight is 263 g/mol. The van der Waals surface area contributed by atoms with Crippen molar-refractivity contribution in [2.75, 3.05) is 13.2 Å². The van der Waals surface area contributed by atoms with Crippen LogP contribution < -0.4 is 10.1 Å². The highest BCUT2D eigenvalue weighted by molar-refractivity contribution is 5.31. The van der Waals surface area contributed by atoms with Gasteiger partial charge in [-0.2, -0.15) is 0 Å². The van der Waals surface area contributed by atoms with Gasteiger partial charge in [0.1, 0.15) is 5.75 Å². The van der Waals surface area contributed by atoms with Gasteiger partial charge in [0.15, 0.2) is 0 Å². The van der Waals surface area contributed by atoms with Gasteiger partial charge >= 0.3 is 6.36 Å². The van der Waals surface area contributed by atoms with Crippen LogP contribution in [0, 0.1) is 0 Å². The van der Waals surface area contributed by atoms with Crippen LogP contribution in [0.5, 0.6) is 5.75 Å². The molecule has 0 aliphatic carbocycles. The van der Waals surface area contributed by atoms with Crippen LogP contribution in [0.25, 0.3) is 0 Å². The summed E-state index contributed by atoms with van der Waals surface area (Å²) < 4.78 is 39.7. The molecule has 0 heterocycles. The van der Waals surface area contributed by atoms with Gasteiger partial charge in [-0.3, -0.25) is 0 Å². The van der Waals surface area contributed by atoms with Gasteiger partial charge in [-0.25, -0.2) is 0 Å². The number of aliphatic hydroxyl groups excluding tert-OH is 1. The van der Waals surface area contributed by atoms with E-state index >= 15 is 0 Å². The third-order valence-corrected chi connectivity index (χ3v) is 2.49. The summed E-state index contributed by atoms with van der Waals surface area (Å²) >= 11 is 0. The minimum Gasteiger partial charge on any atom is -0.406 e. The summed E-state index contributed by atoms with van der Waals surface area (Å²) in [6.45, 7) is 4.16. The molecule has 0 spiro atoms. The molecule has 102 valence electrons. The Balaban J connectivity index is 2.76. The predicted octanol–water partition coefficient (Wildman–Crippen LogP) is 2.40. The number of alkyl halides is 3. The fourth-order valence-corrected chi connectivity index (χ4v) is 1.54. The third kappa shape index (κ3) is 4.54. The van der Waals surface area contributed by atoms with Crippen molar-refractivity contribution in [3.63, 3.8) is 0 Å². The van der Waals surface area contributed by atoms with Gasteiger partial charge in [0.05, 0.1) is 6.61 Å². The number of hydrogen-bond acceptors (Lipinski definition) is 3. The highest BCUT2D eigenvalue weighted by Gasteiger charge is 2.31. The Labute approximate surface area is 104 Å². The first kappa shape index (κ1) is 14.8. The van der Waals surface area contributed by atoms with E-state index in [0.717, 1.165) is 5.56 Å². The maximum atomic E-state index is 12.0. The fourth-order valence-electron chi connectivity index (χ4n) is 1.54. The Kier molecular flexibility index (Phi) is 4.59. The fraction of sp³-hybridized carbons (Fsp3) is 0.500. The molecule has 0 unspecified atom stereocenters. The zero-order chi connectivity index (χ0) is 13.8. The lowest BCUT2D eigenvalue weighted by Gasteiger charge is -2.27. The maximum Gasteiger partial charge on any atom is 0.573 e. The molecule has 0 saturated carbocycles. The predicted molar refractivity (Wildman–Crippen MR) is 61.2 cm³/mol. The molecule has 0 aliphatic rings. The minimum absolute atomic E-state index is 0.00129. The van der Waals surface area contributed by atoms with Crippen molar-refractivity contribution in [1.82, 2.24) is 5.32 Å². The summed E-state index contributed by atoms with van der Waals surface area (Å²) in [6.07, 6.45) is -4.67. The van der Waals surface area contributed by atoms with E-state index in [2.05, 4.69) is 10.1 Å². The number of hydrogen-bond donors (Lipinski definition) is 2. The van der Waals surface area contributed by atoms with Gasteiger partial charge in [-0.1, -0.05) is 12.1 Å². The van der Waals surface area contributed by atoms with E-state index in [-0.39, 0.29) is 12.4 Å². The lowest BCUT2D eigenvalue weighted by molar-refractivity contribution is -0.274. The van der Waals surface area contributed by atoms with E-state index in [0.29, 0.717) is 6.54 Å².